The highest BCUT2D eigenvalue weighted by atomic mass is 16.5. The molecule has 0 spiro atoms. The highest BCUT2D eigenvalue weighted by Gasteiger charge is 2.22. The largest absolute Gasteiger partial charge is 0.488 e. The Kier molecular flexibility index (Phi) is 7.46. The molecule has 1 aliphatic rings. The first-order chi connectivity index (χ1) is 16.0. The second-order valence-electron chi connectivity index (χ2n) is 8.90. The molecule has 3 aromatic rings. The number of carbonyl (C=O) groups excluding carboxylic acids is 1. The van der Waals surface area contributed by atoms with Crippen LogP contribution in [0.25, 0.3) is 11.1 Å². The van der Waals surface area contributed by atoms with Gasteiger partial charge in [-0.2, -0.15) is 0 Å². The first-order valence-electron chi connectivity index (χ1n) is 11.9. The van der Waals surface area contributed by atoms with E-state index in [0.29, 0.717) is 13.2 Å². The second kappa shape index (κ2) is 10.7. The van der Waals surface area contributed by atoms with E-state index in [2.05, 4.69) is 79.1 Å². The number of aryl methyl sites for hydroxylation is 1. The zero-order valence-electron chi connectivity index (χ0n) is 20.0. The van der Waals surface area contributed by atoms with Gasteiger partial charge in [0.2, 0.25) is 5.91 Å². The lowest BCUT2D eigenvalue weighted by Gasteiger charge is -2.19. The van der Waals surface area contributed by atoms with E-state index in [1.165, 1.54) is 50.9 Å². The van der Waals surface area contributed by atoms with Crippen molar-refractivity contribution in [1.29, 1.82) is 0 Å². The summed E-state index contributed by atoms with van der Waals surface area (Å²) in [7, 11) is 0. The van der Waals surface area contributed by atoms with Gasteiger partial charge in [-0.3, -0.25) is 4.79 Å². The number of hydrogen-bond acceptors (Lipinski definition) is 3. The lowest BCUT2D eigenvalue weighted by molar-refractivity contribution is -0.118. The summed E-state index contributed by atoms with van der Waals surface area (Å²) in [6.07, 6.45) is 3.36. The van der Waals surface area contributed by atoms with Gasteiger partial charge in [-0.05, 0) is 77.6 Å². The van der Waals surface area contributed by atoms with Crippen molar-refractivity contribution >= 4 is 5.91 Å². The van der Waals surface area contributed by atoms with Gasteiger partial charge in [0.1, 0.15) is 12.4 Å². The van der Waals surface area contributed by atoms with Crippen LogP contribution in [0.2, 0.25) is 0 Å². The molecule has 33 heavy (non-hydrogen) atoms. The van der Waals surface area contributed by atoms with Gasteiger partial charge in [0.25, 0.3) is 0 Å². The van der Waals surface area contributed by atoms with Gasteiger partial charge >= 0.3 is 0 Å². The van der Waals surface area contributed by atoms with E-state index >= 15 is 0 Å². The molecule has 0 aliphatic heterocycles. The van der Waals surface area contributed by atoms with Gasteiger partial charge in [-0.25, -0.2) is 0 Å². The van der Waals surface area contributed by atoms with Gasteiger partial charge in [0.15, 0.2) is 0 Å². The molecule has 4 rings (SSSR count). The van der Waals surface area contributed by atoms with Crippen LogP contribution in [0, 0.1) is 13.8 Å². The van der Waals surface area contributed by atoms with E-state index in [1.807, 2.05) is 0 Å². The zero-order valence-corrected chi connectivity index (χ0v) is 20.0. The summed E-state index contributed by atoms with van der Waals surface area (Å²) in [5, 5.41) is 6.30. The quantitative estimate of drug-likeness (QED) is 0.444. The minimum absolute atomic E-state index is 0.0135. The first kappa shape index (κ1) is 23.1. The van der Waals surface area contributed by atoms with Crippen molar-refractivity contribution in [2.75, 3.05) is 13.1 Å². The number of amides is 1. The van der Waals surface area contributed by atoms with E-state index in [9.17, 15) is 4.79 Å². The van der Waals surface area contributed by atoms with E-state index in [1.54, 1.807) is 6.92 Å². The standard InChI is InChI=1S/C29H34N2O2/c1-20-17-25(18-30-15-16-31-22(3)32)27-13-8-14-28(27)29(20)33-19-24-11-7-12-26(21(24)2)23-9-5-4-6-10-23/h4-7,9-12,17,30H,8,13-16,18-19H2,1-3H3,(H,31,32). The Morgan fingerprint density at radius 2 is 1.73 bits per heavy atom. The number of hydrogen-bond donors (Lipinski definition) is 2. The molecule has 1 amide bonds. The molecule has 2 N–H and O–H groups in total. The third kappa shape index (κ3) is 5.45. The number of nitrogens with one attached hydrogen (secondary N) is 2. The van der Waals surface area contributed by atoms with Crippen LogP contribution >= 0.6 is 0 Å². The fourth-order valence-electron chi connectivity index (χ4n) is 4.83. The van der Waals surface area contributed by atoms with Crippen LogP contribution in [0.4, 0.5) is 0 Å². The SMILES string of the molecule is CC(=O)NCCNCc1cc(C)c(OCc2cccc(-c3ccccc3)c2C)c2c1CCC2. The summed E-state index contributed by atoms with van der Waals surface area (Å²) in [6, 6.07) is 19.3. The Hall–Kier alpha value is -3.11. The molecular formula is C29H34N2O2. The first-order valence-corrected chi connectivity index (χ1v) is 11.9. The lowest BCUT2D eigenvalue weighted by atomic mass is 9.96. The molecule has 0 atom stereocenters. The fraction of sp³-hybridized carbons (Fsp3) is 0.345. The summed E-state index contributed by atoms with van der Waals surface area (Å²) in [5.41, 5.74) is 10.4. The smallest absolute Gasteiger partial charge is 0.216 e. The van der Waals surface area contributed by atoms with Crippen molar-refractivity contribution in [2.24, 2.45) is 0 Å². The maximum atomic E-state index is 11.0. The molecule has 4 nitrogen and oxygen atoms in total. The number of rotatable bonds is 9. The monoisotopic (exact) mass is 442 g/mol. The Bertz CT molecular complexity index is 1120. The molecule has 0 unspecified atom stereocenters. The Morgan fingerprint density at radius 3 is 2.52 bits per heavy atom. The molecule has 0 aromatic heterocycles. The summed E-state index contributed by atoms with van der Waals surface area (Å²) < 4.78 is 6.49. The summed E-state index contributed by atoms with van der Waals surface area (Å²) in [6.45, 7) is 8.71. The van der Waals surface area contributed by atoms with Crippen LogP contribution in [0.1, 0.15) is 46.7 Å². The van der Waals surface area contributed by atoms with Crippen LogP contribution in [0.5, 0.6) is 5.75 Å². The maximum Gasteiger partial charge on any atom is 0.216 e. The zero-order chi connectivity index (χ0) is 23.2. The summed E-state index contributed by atoms with van der Waals surface area (Å²) >= 11 is 0. The summed E-state index contributed by atoms with van der Waals surface area (Å²) in [5.74, 6) is 1.08. The molecule has 1 aliphatic carbocycles. The van der Waals surface area contributed by atoms with Crippen LogP contribution in [-0.4, -0.2) is 19.0 Å². The molecule has 0 bridgehead atoms. The summed E-state index contributed by atoms with van der Waals surface area (Å²) in [4.78, 5) is 11.0. The van der Waals surface area contributed by atoms with Crippen LogP contribution in [0.15, 0.2) is 54.6 Å². The Morgan fingerprint density at radius 1 is 0.939 bits per heavy atom. The van der Waals surface area contributed by atoms with E-state index < -0.39 is 0 Å². The molecule has 0 heterocycles. The van der Waals surface area contributed by atoms with Crippen LogP contribution < -0.4 is 15.4 Å². The molecular weight excluding hydrogens is 408 g/mol. The Balaban J connectivity index is 1.48. The number of fused-ring (bicyclic) bond motifs is 1. The van der Waals surface area contributed by atoms with Gasteiger partial charge in [0, 0.05) is 26.6 Å². The van der Waals surface area contributed by atoms with Crippen molar-refractivity contribution in [3.63, 3.8) is 0 Å². The van der Waals surface area contributed by atoms with Crippen molar-refractivity contribution in [2.45, 2.75) is 53.2 Å². The second-order valence-corrected chi connectivity index (χ2v) is 8.90. The van der Waals surface area contributed by atoms with Crippen LogP contribution in [-0.2, 0) is 30.8 Å². The molecule has 0 saturated heterocycles. The molecule has 0 radical (unpaired) electrons. The van der Waals surface area contributed by atoms with Crippen molar-refractivity contribution in [3.8, 4) is 16.9 Å². The van der Waals surface area contributed by atoms with Gasteiger partial charge < -0.3 is 15.4 Å². The van der Waals surface area contributed by atoms with E-state index in [-0.39, 0.29) is 5.91 Å². The highest BCUT2D eigenvalue weighted by molar-refractivity contribution is 5.72. The fourth-order valence-corrected chi connectivity index (χ4v) is 4.83. The van der Waals surface area contributed by atoms with E-state index in [0.717, 1.165) is 31.7 Å². The average molecular weight is 443 g/mol. The van der Waals surface area contributed by atoms with Gasteiger partial charge in [-0.1, -0.05) is 54.6 Å². The third-order valence-electron chi connectivity index (χ3n) is 6.52. The predicted octanol–water partition coefficient (Wildman–Crippen LogP) is 5.26. The predicted molar refractivity (Wildman–Crippen MR) is 135 cm³/mol. The molecule has 0 fully saturated rings. The van der Waals surface area contributed by atoms with Crippen LogP contribution in [0.3, 0.4) is 0 Å². The van der Waals surface area contributed by atoms with Crippen molar-refractivity contribution in [3.05, 3.63) is 88.0 Å². The lowest BCUT2D eigenvalue weighted by Crippen LogP contribution is -2.30. The molecule has 4 heteroatoms. The average Bonchev–Trinajstić information content (AvgIpc) is 3.30. The number of benzene rings is 3. The minimum atomic E-state index is 0.0135. The van der Waals surface area contributed by atoms with Gasteiger partial charge in [-0.15, -0.1) is 0 Å². The molecule has 172 valence electrons. The maximum absolute atomic E-state index is 11.0. The number of ether oxygens (including phenoxy) is 1. The van der Waals surface area contributed by atoms with Gasteiger partial charge in [0.05, 0.1) is 0 Å². The minimum Gasteiger partial charge on any atom is -0.488 e. The van der Waals surface area contributed by atoms with E-state index in [4.69, 9.17) is 4.74 Å². The highest BCUT2D eigenvalue weighted by Crippen LogP contribution is 2.37. The topological polar surface area (TPSA) is 50.4 Å². The Labute approximate surface area is 197 Å². The third-order valence-corrected chi connectivity index (χ3v) is 6.52. The molecule has 0 saturated carbocycles. The van der Waals surface area contributed by atoms with Crippen molar-refractivity contribution in [1.82, 2.24) is 10.6 Å². The normalized spacial score (nSPS) is 12.5. The number of carbonyl (C=O) groups is 1. The van der Waals surface area contributed by atoms with Crippen molar-refractivity contribution < 1.29 is 9.53 Å². The molecule has 3 aromatic carbocycles.